The van der Waals surface area contributed by atoms with Crippen molar-refractivity contribution in [2.75, 3.05) is 46.7 Å². The average molecular weight is 700 g/mol. The predicted octanol–water partition coefficient (Wildman–Crippen LogP) is 3.78. The highest BCUT2D eigenvalue weighted by molar-refractivity contribution is 5.93. The molecule has 0 unspecified atom stereocenters. The van der Waals surface area contributed by atoms with Gasteiger partial charge >= 0.3 is 5.97 Å². The lowest BCUT2D eigenvalue weighted by Gasteiger charge is -2.51. The first kappa shape index (κ1) is 34.3. The maximum atomic E-state index is 14.5. The van der Waals surface area contributed by atoms with E-state index in [9.17, 15) is 19.2 Å². The summed E-state index contributed by atoms with van der Waals surface area (Å²) in [4.78, 5) is 60.0. The van der Waals surface area contributed by atoms with Gasteiger partial charge in [-0.25, -0.2) is 0 Å². The minimum atomic E-state index is -1.37. The van der Waals surface area contributed by atoms with Crippen LogP contribution < -0.4 is 9.47 Å². The first-order valence-electron chi connectivity index (χ1n) is 17.1. The highest BCUT2D eigenvalue weighted by Gasteiger charge is 2.59. The largest absolute Gasteiger partial charge is 0.468 e. The Labute approximate surface area is 295 Å². The van der Waals surface area contributed by atoms with Gasteiger partial charge in [-0.05, 0) is 54.8 Å². The molecule has 51 heavy (non-hydrogen) atoms. The van der Waals surface area contributed by atoms with E-state index < -0.39 is 29.5 Å². The molecule has 0 spiro atoms. The second-order valence-corrected chi connectivity index (χ2v) is 13.2. The first-order valence-corrected chi connectivity index (χ1v) is 17.1. The van der Waals surface area contributed by atoms with E-state index in [1.165, 1.54) is 13.4 Å². The summed E-state index contributed by atoms with van der Waals surface area (Å²) in [5, 5.41) is 0. The molecule has 2 aromatic carbocycles. The van der Waals surface area contributed by atoms with Gasteiger partial charge in [0.2, 0.25) is 18.6 Å². The summed E-state index contributed by atoms with van der Waals surface area (Å²) in [5.74, 6) is -0.718. The highest BCUT2D eigenvalue weighted by Crippen LogP contribution is 2.51. The zero-order valence-corrected chi connectivity index (χ0v) is 28.7. The molecular formula is C38H41N3O10. The third-order valence-corrected chi connectivity index (χ3v) is 10.1. The number of furan rings is 1. The molecule has 7 rings (SSSR count). The molecule has 0 N–H and O–H groups in total. The van der Waals surface area contributed by atoms with Crippen molar-refractivity contribution in [3.05, 3.63) is 95.6 Å². The number of ether oxygens (including phenoxy) is 5. The Morgan fingerprint density at radius 2 is 1.69 bits per heavy atom. The zero-order chi connectivity index (χ0) is 35.5. The van der Waals surface area contributed by atoms with Crippen LogP contribution in [-0.2, 0) is 41.7 Å². The quantitative estimate of drug-likeness (QED) is 0.288. The number of piperazine rings is 1. The number of likely N-dealkylation sites (tertiary alicyclic amines) is 1. The Balaban J connectivity index is 1.14. The summed E-state index contributed by atoms with van der Waals surface area (Å²) < 4.78 is 34.2. The molecule has 13 heteroatoms. The van der Waals surface area contributed by atoms with Gasteiger partial charge < -0.3 is 42.8 Å². The smallest absolute Gasteiger partial charge is 0.320 e. The maximum Gasteiger partial charge on any atom is 0.320 e. The fourth-order valence-corrected chi connectivity index (χ4v) is 7.46. The molecule has 0 aliphatic carbocycles. The molecule has 3 amide bonds. The number of piperidine rings is 1. The van der Waals surface area contributed by atoms with Crippen LogP contribution in [0.15, 0.2) is 83.1 Å². The van der Waals surface area contributed by atoms with Crippen LogP contribution in [0.2, 0.25) is 0 Å². The summed E-state index contributed by atoms with van der Waals surface area (Å²) in [7, 11) is 1.32. The average Bonchev–Trinajstić information content (AvgIpc) is 3.87. The normalized spacial score (nSPS) is 24.2. The monoisotopic (exact) mass is 699 g/mol. The van der Waals surface area contributed by atoms with Crippen molar-refractivity contribution >= 4 is 23.7 Å². The van der Waals surface area contributed by atoms with E-state index in [0.29, 0.717) is 50.0 Å². The van der Waals surface area contributed by atoms with Crippen LogP contribution in [0.4, 0.5) is 0 Å². The number of nitrogens with zero attached hydrogens (tertiary/aromatic N) is 3. The lowest BCUT2D eigenvalue weighted by atomic mass is 9.66. The SMILES string of the molecule is COC(=O)[C@]12C[C@H](CC(=O)N3CCN(C(=O)c4ccco4)CC3)C(=O)N(Cc3ccc4c(c3)OCO4)C1=C[C@H](COCc1ccccc1)O[C@@H]2C. The number of rotatable bonds is 10. The summed E-state index contributed by atoms with van der Waals surface area (Å²) in [6, 6.07) is 18.5. The molecule has 2 fully saturated rings. The van der Waals surface area contributed by atoms with Gasteiger partial charge in [-0.2, -0.15) is 0 Å². The van der Waals surface area contributed by atoms with Crippen LogP contribution in [-0.4, -0.2) is 97.3 Å². The number of benzene rings is 2. The van der Waals surface area contributed by atoms with E-state index in [-0.39, 0.29) is 56.3 Å². The second kappa shape index (κ2) is 14.6. The fourth-order valence-electron chi connectivity index (χ4n) is 7.46. The van der Waals surface area contributed by atoms with Crippen molar-refractivity contribution in [3.8, 4) is 11.5 Å². The van der Waals surface area contributed by atoms with E-state index in [1.54, 1.807) is 45.9 Å². The summed E-state index contributed by atoms with van der Waals surface area (Å²) in [5.41, 5.74) is 0.868. The molecule has 0 radical (unpaired) electrons. The van der Waals surface area contributed by atoms with Crippen LogP contribution in [0.3, 0.4) is 0 Å². The van der Waals surface area contributed by atoms with Gasteiger partial charge in [0.25, 0.3) is 5.91 Å². The molecule has 268 valence electrons. The minimum Gasteiger partial charge on any atom is -0.468 e. The topological polar surface area (TPSA) is 137 Å². The third-order valence-electron chi connectivity index (χ3n) is 10.1. The van der Waals surface area contributed by atoms with E-state index in [4.69, 9.17) is 28.1 Å². The molecule has 4 atom stereocenters. The molecule has 3 aromatic rings. The maximum absolute atomic E-state index is 14.5. The van der Waals surface area contributed by atoms with Gasteiger partial charge in [-0.3, -0.25) is 19.2 Å². The van der Waals surface area contributed by atoms with Crippen LogP contribution in [0.5, 0.6) is 11.5 Å². The number of fused-ring (bicyclic) bond motifs is 2. The standard InChI is InChI=1S/C38H41N3O10/c1-25-38(37(45)46-2)20-28(18-34(42)39-12-14-40(15-13-39)36(44)31-9-6-16-48-31)35(43)41(21-27-10-11-30-32(17-27)50-24-49-30)33(38)19-29(51-25)23-47-22-26-7-4-3-5-8-26/h3-11,16-17,19,25,28-29H,12-15,18,20-24H2,1-2H3/t25-,28+,29-,38+/m1/s1. The van der Waals surface area contributed by atoms with Gasteiger partial charge in [0.05, 0.1) is 39.2 Å². The van der Waals surface area contributed by atoms with E-state index >= 15 is 0 Å². The van der Waals surface area contributed by atoms with Crippen molar-refractivity contribution in [1.82, 2.24) is 14.7 Å². The van der Waals surface area contributed by atoms with Crippen LogP contribution >= 0.6 is 0 Å². The number of hydrogen-bond donors (Lipinski definition) is 0. The van der Waals surface area contributed by atoms with Gasteiger partial charge in [-0.1, -0.05) is 36.4 Å². The first-order chi connectivity index (χ1) is 24.8. The van der Waals surface area contributed by atoms with E-state index in [1.807, 2.05) is 42.5 Å². The van der Waals surface area contributed by atoms with Crippen molar-refractivity contribution in [1.29, 1.82) is 0 Å². The second-order valence-electron chi connectivity index (χ2n) is 13.2. The summed E-state index contributed by atoms with van der Waals surface area (Å²) in [6.45, 7) is 3.87. The number of carbonyl (C=O) groups excluding carboxylic acids is 4. The molecule has 5 heterocycles. The number of hydrogen-bond acceptors (Lipinski definition) is 10. The Bertz CT molecular complexity index is 1790. The fraction of sp³-hybridized carbons (Fsp3) is 0.421. The lowest BCUT2D eigenvalue weighted by Crippen LogP contribution is -2.60. The van der Waals surface area contributed by atoms with Crippen LogP contribution in [0, 0.1) is 11.3 Å². The van der Waals surface area contributed by atoms with E-state index in [0.717, 1.165) is 11.1 Å². The molecule has 13 nitrogen and oxygen atoms in total. The number of amides is 3. The van der Waals surface area contributed by atoms with Crippen LogP contribution in [0.25, 0.3) is 0 Å². The molecule has 1 aromatic heterocycles. The minimum absolute atomic E-state index is 0.0312. The molecule has 0 saturated carbocycles. The van der Waals surface area contributed by atoms with E-state index in [2.05, 4.69) is 0 Å². The number of carbonyl (C=O) groups is 4. The zero-order valence-electron chi connectivity index (χ0n) is 28.7. The van der Waals surface area contributed by atoms with Crippen molar-refractivity contribution in [2.24, 2.45) is 11.3 Å². The van der Waals surface area contributed by atoms with Gasteiger partial charge in [-0.15, -0.1) is 0 Å². The third kappa shape index (κ3) is 6.83. The Kier molecular flexibility index (Phi) is 9.83. The number of methoxy groups -OCH3 is 1. The van der Waals surface area contributed by atoms with Crippen molar-refractivity contribution in [3.63, 3.8) is 0 Å². The molecule has 4 aliphatic heterocycles. The molecular weight excluding hydrogens is 658 g/mol. The predicted molar refractivity (Wildman–Crippen MR) is 180 cm³/mol. The Morgan fingerprint density at radius 3 is 2.43 bits per heavy atom. The molecule has 4 aliphatic rings. The Hall–Kier alpha value is -5.14. The molecule has 0 bridgehead atoms. The lowest BCUT2D eigenvalue weighted by molar-refractivity contribution is -0.178. The van der Waals surface area contributed by atoms with Crippen LogP contribution in [0.1, 0.15) is 41.4 Å². The summed E-state index contributed by atoms with van der Waals surface area (Å²) >= 11 is 0. The van der Waals surface area contributed by atoms with Gasteiger partial charge in [0.1, 0.15) is 11.5 Å². The Morgan fingerprint density at radius 1 is 0.922 bits per heavy atom. The number of esters is 1. The van der Waals surface area contributed by atoms with Crippen molar-refractivity contribution < 1.29 is 47.3 Å². The van der Waals surface area contributed by atoms with Gasteiger partial charge in [0, 0.05) is 44.2 Å². The van der Waals surface area contributed by atoms with Crippen molar-refractivity contribution in [2.45, 2.75) is 45.1 Å². The summed E-state index contributed by atoms with van der Waals surface area (Å²) in [6.07, 6.45) is 1.89. The molecule has 2 saturated heterocycles. The van der Waals surface area contributed by atoms with Gasteiger partial charge in [0.15, 0.2) is 17.3 Å². The highest BCUT2D eigenvalue weighted by atomic mass is 16.7.